The smallest absolute Gasteiger partial charge is 0.305 e. The number of hydrogen-bond acceptors (Lipinski definition) is 8. The third-order valence-electron chi connectivity index (χ3n) is 9.66. The number of rotatable bonds is 33. The fourth-order valence-electron chi connectivity index (χ4n) is 6.29. The summed E-state index contributed by atoms with van der Waals surface area (Å²) in [6, 6.07) is 0. The molecular weight excluding hydrogens is 720 g/mol. The first-order valence-corrected chi connectivity index (χ1v) is 22.1. The third kappa shape index (κ3) is 32.0. The van der Waals surface area contributed by atoms with Gasteiger partial charge in [0.15, 0.2) is 0 Å². The van der Waals surface area contributed by atoms with Gasteiger partial charge in [0.25, 0.3) is 23.6 Å². The van der Waals surface area contributed by atoms with Gasteiger partial charge in [0.2, 0.25) is 5.24 Å². The van der Waals surface area contributed by atoms with Crippen LogP contribution in [-0.4, -0.2) is 76.1 Å². The zero-order valence-electron chi connectivity index (χ0n) is 34.5. The number of carbonyl (C=O) groups is 6. The first-order valence-electron chi connectivity index (χ1n) is 21.7. The lowest BCUT2D eigenvalue weighted by molar-refractivity contribution is -0.147. The second-order valence-corrected chi connectivity index (χ2v) is 15.0. The highest BCUT2D eigenvalue weighted by atomic mass is 35.5. The molecule has 2 rings (SSSR count). The zero-order chi connectivity index (χ0) is 40.8. The Kier molecular flexibility index (Phi) is 36.1. The summed E-state index contributed by atoms with van der Waals surface area (Å²) in [6.45, 7) is 4.64. The second-order valence-electron chi connectivity index (χ2n) is 14.6. The summed E-state index contributed by atoms with van der Waals surface area (Å²) < 4.78 is 5.09. The number of halogens is 1. The number of imide groups is 2. The van der Waals surface area contributed by atoms with E-state index >= 15 is 0 Å². The van der Waals surface area contributed by atoms with Crippen LogP contribution in [0.25, 0.3) is 0 Å². The molecule has 2 heterocycles. The molecule has 0 unspecified atom stereocenters. The molecule has 0 atom stereocenters. The second kappa shape index (κ2) is 38.0. The number of nitrogens with zero attached hydrogens (tertiary/aromatic N) is 2. The molecule has 2 aliphatic rings. The van der Waals surface area contributed by atoms with E-state index in [-0.39, 0.29) is 61.1 Å². The predicted molar refractivity (Wildman–Crippen MR) is 221 cm³/mol. The Hall–Kier alpha value is -2.85. The molecule has 2 aliphatic heterocycles. The monoisotopic (exact) mass is 795 g/mol. The van der Waals surface area contributed by atoms with Gasteiger partial charge < -0.3 is 9.84 Å². The quantitative estimate of drug-likeness (QED) is 0.0300. The summed E-state index contributed by atoms with van der Waals surface area (Å²) in [6.07, 6.45) is 39.7. The lowest BCUT2D eigenvalue weighted by Crippen LogP contribution is -2.33. The maximum Gasteiger partial charge on any atom is 0.305 e. The molecule has 0 fully saturated rings. The lowest BCUT2D eigenvalue weighted by atomic mass is 10.0. The van der Waals surface area contributed by atoms with Crippen molar-refractivity contribution in [3.05, 3.63) is 24.3 Å². The topological polar surface area (TPSA) is 138 Å². The molecule has 55 heavy (non-hydrogen) atoms. The van der Waals surface area contributed by atoms with Crippen molar-refractivity contribution in [1.82, 2.24) is 9.80 Å². The molecule has 0 saturated carbocycles. The van der Waals surface area contributed by atoms with Crippen LogP contribution >= 0.6 is 11.6 Å². The Morgan fingerprint density at radius 1 is 0.491 bits per heavy atom. The van der Waals surface area contributed by atoms with Crippen LogP contribution < -0.4 is 0 Å². The number of carbonyl (C=O) groups excluding carboxylic acids is 6. The summed E-state index contributed by atoms with van der Waals surface area (Å²) in [7, 11) is 0. The highest BCUT2D eigenvalue weighted by Crippen LogP contribution is 2.15. The molecule has 0 aromatic rings. The fourth-order valence-corrected chi connectivity index (χ4v) is 6.43. The molecule has 316 valence electrons. The number of aliphatic hydroxyl groups excluding tert-OH is 1. The Balaban J connectivity index is 0.000000889. The van der Waals surface area contributed by atoms with Crippen molar-refractivity contribution in [3.63, 3.8) is 0 Å². The third-order valence-corrected chi connectivity index (χ3v) is 9.85. The minimum atomic E-state index is -0.348. The summed E-state index contributed by atoms with van der Waals surface area (Å²) in [5.74, 6) is -1.62. The van der Waals surface area contributed by atoms with Gasteiger partial charge in [-0.15, -0.1) is 0 Å². The van der Waals surface area contributed by atoms with E-state index in [4.69, 9.17) is 21.4 Å². The van der Waals surface area contributed by atoms with Gasteiger partial charge in [-0.3, -0.25) is 38.6 Å². The van der Waals surface area contributed by atoms with Gasteiger partial charge >= 0.3 is 5.97 Å². The van der Waals surface area contributed by atoms with E-state index in [1.54, 1.807) is 0 Å². The molecule has 0 aromatic carbocycles. The van der Waals surface area contributed by atoms with Gasteiger partial charge in [-0.2, -0.15) is 0 Å². The first-order chi connectivity index (χ1) is 26.7. The molecule has 0 aliphatic carbocycles. The van der Waals surface area contributed by atoms with E-state index in [0.29, 0.717) is 12.8 Å². The van der Waals surface area contributed by atoms with Crippen LogP contribution in [-0.2, 0) is 33.5 Å². The van der Waals surface area contributed by atoms with Crippen molar-refractivity contribution >= 4 is 46.4 Å². The van der Waals surface area contributed by atoms with Crippen LogP contribution in [0.15, 0.2) is 24.3 Å². The van der Waals surface area contributed by atoms with Gasteiger partial charge in [0.05, 0.1) is 19.7 Å². The average Bonchev–Trinajstić information content (AvgIpc) is 3.66. The van der Waals surface area contributed by atoms with Crippen molar-refractivity contribution in [2.45, 2.75) is 194 Å². The molecule has 0 radical (unpaired) electrons. The van der Waals surface area contributed by atoms with Crippen molar-refractivity contribution < 1.29 is 38.6 Å². The molecule has 4 amide bonds. The Morgan fingerprint density at radius 2 is 0.782 bits per heavy atom. The maximum atomic E-state index is 11.7. The largest absolute Gasteiger partial charge is 0.464 e. The molecule has 0 saturated heterocycles. The predicted octanol–water partition coefficient (Wildman–Crippen LogP) is 10.1. The number of unbranched alkanes of at least 4 members (excludes halogenated alkanes) is 24. The summed E-state index contributed by atoms with van der Waals surface area (Å²) in [5.41, 5.74) is 0. The van der Waals surface area contributed by atoms with Crippen molar-refractivity contribution in [3.8, 4) is 0 Å². The van der Waals surface area contributed by atoms with Gasteiger partial charge in [0.1, 0.15) is 6.61 Å². The van der Waals surface area contributed by atoms with E-state index in [1.807, 2.05) is 0 Å². The normalized spacial score (nSPS) is 13.3. The number of ether oxygens (including phenoxy) is 1. The zero-order valence-corrected chi connectivity index (χ0v) is 35.3. The van der Waals surface area contributed by atoms with Gasteiger partial charge in [-0.25, -0.2) is 0 Å². The Bertz CT molecular complexity index is 1070. The van der Waals surface area contributed by atoms with Crippen molar-refractivity contribution in [2.75, 3.05) is 26.3 Å². The van der Waals surface area contributed by atoms with Crippen molar-refractivity contribution in [1.29, 1.82) is 0 Å². The molecule has 1 N–H and O–H groups in total. The number of esters is 1. The molecule has 0 bridgehead atoms. The number of β-amino-alcohol motifs (C(OH)–C–C–N with tert-alkyl or cyclic N) is 1. The van der Waals surface area contributed by atoms with Crippen LogP contribution in [0.1, 0.15) is 194 Å². The molecule has 0 spiro atoms. The maximum absolute atomic E-state index is 11.7. The Labute approximate surface area is 338 Å². The number of aliphatic hydroxyl groups is 1. The molecular formula is C44H75ClN2O8. The summed E-state index contributed by atoms with van der Waals surface area (Å²) in [4.78, 5) is 68.3. The van der Waals surface area contributed by atoms with Crippen LogP contribution in [0.4, 0.5) is 0 Å². The van der Waals surface area contributed by atoms with E-state index in [2.05, 4.69) is 13.8 Å². The number of hydrogen-bond donors (Lipinski definition) is 1. The van der Waals surface area contributed by atoms with E-state index in [9.17, 15) is 28.8 Å². The highest BCUT2D eigenvalue weighted by molar-refractivity contribution is 6.63. The molecule has 11 heteroatoms. The molecule has 10 nitrogen and oxygen atoms in total. The van der Waals surface area contributed by atoms with Crippen LogP contribution in [0.3, 0.4) is 0 Å². The van der Waals surface area contributed by atoms with Crippen molar-refractivity contribution in [2.24, 2.45) is 0 Å². The SMILES string of the molecule is CCCCCCCCCCCCCCCC(=O)Cl.CCCCCCCCCCCCCCCC(=O)OCCN1C(=O)C=CC1=O.O=C1C=CC(=O)N1CCO. The van der Waals surface area contributed by atoms with E-state index < -0.39 is 0 Å². The van der Waals surface area contributed by atoms with Gasteiger partial charge in [-0.05, 0) is 24.4 Å². The molecule has 0 aromatic heterocycles. The average molecular weight is 796 g/mol. The minimum absolute atomic E-state index is 0.0798. The van der Waals surface area contributed by atoms with Crippen LogP contribution in [0, 0.1) is 0 Å². The van der Waals surface area contributed by atoms with E-state index in [0.717, 1.165) is 35.5 Å². The summed E-state index contributed by atoms with van der Waals surface area (Å²) in [5, 5.41) is 8.21. The fraction of sp³-hybridized carbons (Fsp3) is 0.773. The lowest BCUT2D eigenvalue weighted by Gasteiger charge is -2.13. The van der Waals surface area contributed by atoms with E-state index in [1.165, 1.54) is 166 Å². The number of amides is 4. The first kappa shape index (κ1) is 52.2. The van der Waals surface area contributed by atoms with Crippen LogP contribution in [0.2, 0.25) is 0 Å². The summed E-state index contributed by atoms with van der Waals surface area (Å²) >= 11 is 5.28. The highest BCUT2D eigenvalue weighted by Gasteiger charge is 2.23. The minimum Gasteiger partial charge on any atom is -0.464 e. The van der Waals surface area contributed by atoms with Gasteiger partial charge in [0, 0.05) is 37.1 Å². The Morgan fingerprint density at radius 3 is 1.09 bits per heavy atom. The van der Waals surface area contributed by atoms with Gasteiger partial charge in [-0.1, -0.05) is 168 Å². The van der Waals surface area contributed by atoms with Crippen LogP contribution in [0.5, 0.6) is 0 Å². The standard InChI is InChI=1S/C22H37NO4.C16H31ClO.C6H7NO3/c1-2-3-4-5-6-7-8-9-10-11-12-13-14-15-22(26)27-19-18-23-20(24)16-17-21(23)25;1-2-3-4-5-6-7-8-9-10-11-12-13-14-15-16(17)18;8-4-3-7-5(9)1-2-6(7)10/h16-17H,2-15,18-19H2,1H3;2-15H2,1H3;1-2,8H,3-4H2.